The maximum Gasteiger partial charge on any atom is 0.236 e. The molecule has 1 amide bonds. The molecule has 4 nitrogen and oxygen atoms in total. The second-order valence-electron chi connectivity index (χ2n) is 5.62. The molecule has 0 bridgehead atoms. The minimum atomic E-state index is -0.0436. The summed E-state index contributed by atoms with van der Waals surface area (Å²) in [6.45, 7) is 8.98. The van der Waals surface area contributed by atoms with E-state index in [-0.39, 0.29) is 11.4 Å². The number of hydrogen-bond donors (Lipinski definition) is 1. The average molecular weight is 249 g/mol. The summed E-state index contributed by atoms with van der Waals surface area (Å²) in [7, 11) is 1.80. The fourth-order valence-corrected chi connectivity index (χ4v) is 1.49. The van der Waals surface area contributed by atoms with Gasteiger partial charge in [-0.2, -0.15) is 0 Å². The van der Waals surface area contributed by atoms with Gasteiger partial charge >= 0.3 is 0 Å². The van der Waals surface area contributed by atoms with E-state index in [4.69, 9.17) is 0 Å². The Bertz CT molecular complexity index is 410. The lowest BCUT2D eigenvalue weighted by Crippen LogP contribution is -2.43. The highest BCUT2D eigenvalue weighted by atomic mass is 16.2. The quantitative estimate of drug-likeness (QED) is 0.884. The topological polar surface area (TPSA) is 45.2 Å². The third-order valence-corrected chi connectivity index (χ3v) is 2.54. The van der Waals surface area contributed by atoms with Crippen molar-refractivity contribution >= 4 is 5.91 Å². The van der Waals surface area contributed by atoms with Gasteiger partial charge in [0.15, 0.2) is 0 Å². The van der Waals surface area contributed by atoms with Crippen LogP contribution in [-0.4, -0.2) is 34.9 Å². The first kappa shape index (κ1) is 14.6. The number of likely N-dealkylation sites (N-methyl/N-ethyl adjacent to an activating group) is 1. The lowest BCUT2D eigenvalue weighted by atomic mass is 10.1. The first-order valence-corrected chi connectivity index (χ1v) is 6.19. The van der Waals surface area contributed by atoms with E-state index < -0.39 is 0 Å². The summed E-state index contributed by atoms with van der Waals surface area (Å²) in [6.07, 6.45) is 0. The van der Waals surface area contributed by atoms with Crippen molar-refractivity contribution in [2.24, 2.45) is 0 Å². The van der Waals surface area contributed by atoms with Gasteiger partial charge in [0.1, 0.15) is 0 Å². The van der Waals surface area contributed by atoms with E-state index in [0.717, 1.165) is 11.4 Å². The summed E-state index contributed by atoms with van der Waals surface area (Å²) in [6, 6.07) is 5.85. The van der Waals surface area contributed by atoms with Gasteiger partial charge in [0.05, 0.1) is 18.8 Å². The molecule has 1 N–H and O–H groups in total. The van der Waals surface area contributed by atoms with Crippen LogP contribution in [0.5, 0.6) is 0 Å². The molecule has 0 fully saturated rings. The monoisotopic (exact) mass is 249 g/mol. The molecule has 0 aliphatic rings. The minimum Gasteiger partial charge on any atom is -0.339 e. The molecule has 18 heavy (non-hydrogen) atoms. The van der Waals surface area contributed by atoms with Crippen molar-refractivity contribution in [1.82, 2.24) is 15.2 Å². The highest BCUT2D eigenvalue weighted by Crippen LogP contribution is 2.03. The molecular formula is C14H23N3O. The smallest absolute Gasteiger partial charge is 0.236 e. The molecule has 0 aromatic carbocycles. The van der Waals surface area contributed by atoms with Crippen LogP contribution in [0, 0.1) is 6.92 Å². The van der Waals surface area contributed by atoms with Crippen LogP contribution in [0.25, 0.3) is 0 Å². The van der Waals surface area contributed by atoms with Gasteiger partial charge in [0.2, 0.25) is 5.91 Å². The largest absolute Gasteiger partial charge is 0.339 e. The third-order valence-electron chi connectivity index (χ3n) is 2.54. The molecule has 100 valence electrons. The lowest BCUT2D eigenvalue weighted by molar-refractivity contribution is -0.129. The number of hydrogen-bond acceptors (Lipinski definition) is 3. The van der Waals surface area contributed by atoms with Crippen molar-refractivity contribution in [3.8, 4) is 0 Å². The summed E-state index contributed by atoms with van der Waals surface area (Å²) < 4.78 is 0. The zero-order valence-corrected chi connectivity index (χ0v) is 11.9. The van der Waals surface area contributed by atoms with E-state index >= 15 is 0 Å². The number of pyridine rings is 1. The van der Waals surface area contributed by atoms with Crippen LogP contribution in [0.15, 0.2) is 18.2 Å². The van der Waals surface area contributed by atoms with Gasteiger partial charge in [0.25, 0.3) is 0 Å². The Morgan fingerprint density at radius 2 is 2.06 bits per heavy atom. The molecule has 1 aromatic rings. The average Bonchev–Trinajstić information content (AvgIpc) is 2.24. The number of carbonyl (C=O) groups is 1. The molecule has 1 aromatic heterocycles. The van der Waals surface area contributed by atoms with Gasteiger partial charge in [-0.1, -0.05) is 6.07 Å². The highest BCUT2D eigenvalue weighted by Gasteiger charge is 2.14. The Kier molecular flexibility index (Phi) is 4.84. The van der Waals surface area contributed by atoms with Gasteiger partial charge in [-0.05, 0) is 39.8 Å². The molecule has 0 saturated carbocycles. The van der Waals surface area contributed by atoms with Crippen LogP contribution in [0.4, 0.5) is 0 Å². The molecule has 0 unspecified atom stereocenters. The standard InChI is InChI=1S/C14H23N3O/c1-11-7-6-8-12(16-11)10-17(5)13(18)9-15-14(2,3)4/h6-8,15H,9-10H2,1-5H3. The van der Waals surface area contributed by atoms with Crippen LogP contribution in [-0.2, 0) is 11.3 Å². The van der Waals surface area contributed by atoms with E-state index in [0.29, 0.717) is 13.1 Å². The number of rotatable bonds is 4. The molecule has 0 radical (unpaired) electrons. The molecular weight excluding hydrogens is 226 g/mol. The van der Waals surface area contributed by atoms with Gasteiger partial charge in [-0.25, -0.2) is 0 Å². The van der Waals surface area contributed by atoms with E-state index in [1.54, 1.807) is 11.9 Å². The molecule has 1 heterocycles. The fraction of sp³-hybridized carbons (Fsp3) is 0.571. The van der Waals surface area contributed by atoms with Crippen molar-refractivity contribution < 1.29 is 4.79 Å². The van der Waals surface area contributed by atoms with Gasteiger partial charge in [-0.15, -0.1) is 0 Å². The van der Waals surface area contributed by atoms with E-state index in [2.05, 4.69) is 10.3 Å². The van der Waals surface area contributed by atoms with Crippen molar-refractivity contribution in [1.29, 1.82) is 0 Å². The summed E-state index contributed by atoms with van der Waals surface area (Å²) in [5.41, 5.74) is 1.85. The minimum absolute atomic E-state index is 0.0436. The second kappa shape index (κ2) is 5.96. The number of nitrogens with one attached hydrogen (secondary N) is 1. The summed E-state index contributed by atoms with van der Waals surface area (Å²) >= 11 is 0. The molecule has 0 saturated heterocycles. The van der Waals surface area contributed by atoms with Gasteiger partial charge < -0.3 is 10.2 Å². The van der Waals surface area contributed by atoms with Gasteiger partial charge in [-0.3, -0.25) is 9.78 Å². The normalized spacial score (nSPS) is 11.4. The predicted molar refractivity (Wildman–Crippen MR) is 73.2 cm³/mol. The van der Waals surface area contributed by atoms with Crippen molar-refractivity contribution in [3.05, 3.63) is 29.6 Å². The SMILES string of the molecule is Cc1cccc(CN(C)C(=O)CNC(C)(C)C)n1. The van der Waals surface area contributed by atoms with E-state index in [1.807, 2.05) is 45.9 Å². The highest BCUT2D eigenvalue weighted by molar-refractivity contribution is 5.78. The number of nitrogens with zero attached hydrogens (tertiary/aromatic N) is 2. The zero-order chi connectivity index (χ0) is 13.8. The Labute approximate surface area is 109 Å². The first-order chi connectivity index (χ1) is 8.28. The molecule has 1 rings (SSSR count). The second-order valence-corrected chi connectivity index (χ2v) is 5.62. The van der Waals surface area contributed by atoms with Crippen LogP contribution < -0.4 is 5.32 Å². The number of carbonyl (C=O) groups excluding carboxylic acids is 1. The first-order valence-electron chi connectivity index (χ1n) is 6.19. The summed E-state index contributed by atoms with van der Waals surface area (Å²) in [5, 5.41) is 3.19. The molecule has 0 aliphatic heterocycles. The van der Waals surface area contributed by atoms with Crippen LogP contribution >= 0.6 is 0 Å². The third kappa shape index (κ3) is 5.27. The molecule has 0 aliphatic carbocycles. The van der Waals surface area contributed by atoms with Crippen molar-refractivity contribution in [3.63, 3.8) is 0 Å². The summed E-state index contributed by atoms with van der Waals surface area (Å²) in [5.74, 6) is 0.0771. The number of aryl methyl sites for hydroxylation is 1. The Morgan fingerprint density at radius 3 is 2.61 bits per heavy atom. The van der Waals surface area contributed by atoms with Gasteiger partial charge in [0, 0.05) is 18.3 Å². The van der Waals surface area contributed by atoms with Crippen LogP contribution in [0.3, 0.4) is 0 Å². The lowest BCUT2D eigenvalue weighted by Gasteiger charge is -2.23. The Balaban J connectivity index is 2.50. The molecule has 0 atom stereocenters. The maximum absolute atomic E-state index is 11.9. The molecule has 0 spiro atoms. The fourth-order valence-electron chi connectivity index (χ4n) is 1.49. The zero-order valence-electron chi connectivity index (χ0n) is 11.9. The number of amides is 1. The Morgan fingerprint density at radius 1 is 1.39 bits per heavy atom. The Hall–Kier alpha value is -1.42. The van der Waals surface area contributed by atoms with Crippen molar-refractivity contribution in [2.75, 3.05) is 13.6 Å². The molecule has 4 heteroatoms. The van der Waals surface area contributed by atoms with Crippen molar-refractivity contribution in [2.45, 2.75) is 39.8 Å². The maximum atomic E-state index is 11.9. The van der Waals surface area contributed by atoms with Crippen LogP contribution in [0.1, 0.15) is 32.2 Å². The van der Waals surface area contributed by atoms with Crippen LogP contribution in [0.2, 0.25) is 0 Å². The number of aromatic nitrogens is 1. The van der Waals surface area contributed by atoms with E-state index in [1.165, 1.54) is 0 Å². The van der Waals surface area contributed by atoms with E-state index in [9.17, 15) is 4.79 Å². The summed E-state index contributed by atoms with van der Waals surface area (Å²) in [4.78, 5) is 18.0. The predicted octanol–water partition coefficient (Wildman–Crippen LogP) is 1.74.